The van der Waals surface area contributed by atoms with Crippen LogP contribution >= 0.6 is 11.3 Å². The fourth-order valence-electron chi connectivity index (χ4n) is 1.72. The fraction of sp³-hybridized carbons (Fsp3) is 0.417. The maximum Gasteiger partial charge on any atom is 0.349 e. The standard InChI is InChI=1S/C12H15N3O3S/c1-5-6-8(13)14-11(17)15-9(6)19-7(5)10(16)18-12(2,3)4/h1-4H3,(H3,13,14,15,17). The molecule has 19 heavy (non-hydrogen) atoms. The summed E-state index contributed by atoms with van der Waals surface area (Å²) in [6.45, 7) is 7.15. The Balaban J connectivity index is 2.57. The van der Waals surface area contributed by atoms with Crippen LogP contribution in [-0.4, -0.2) is 21.5 Å². The van der Waals surface area contributed by atoms with Crippen molar-refractivity contribution in [3.05, 3.63) is 20.9 Å². The van der Waals surface area contributed by atoms with E-state index in [4.69, 9.17) is 10.5 Å². The number of carbonyl (C=O) groups excluding carboxylic acids is 1. The molecule has 0 bridgehead atoms. The van der Waals surface area contributed by atoms with Crippen molar-refractivity contribution in [2.24, 2.45) is 0 Å². The number of anilines is 1. The normalized spacial score (nSPS) is 11.8. The van der Waals surface area contributed by atoms with Crippen molar-refractivity contribution in [3.63, 3.8) is 0 Å². The van der Waals surface area contributed by atoms with Gasteiger partial charge in [0.25, 0.3) is 0 Å². The number of nitrogens with two attached hydrogens (primary N) is 1. The Hall–Kier alpha value is -1.89. The summed E-state index contributed by atoms with van der Waals surface area (Å²) in [6.07, 6.45) is 0. The number of hydrogen-bond acceptors (Lipinski definition) is 6. The number of aryl methyl sites for hydroxylation is 1. The van der Waals surface area contributed by atoms with Gasteiger partial charge >= 0.3 is 11.7 Å². The van der Waals surface area contributed by atoms with Crippen LogP contribution in [-0.2, 0) is 4.74 Å². The Morgan fingerprint density at radius 1 is 1.42 bits per heavy atom. The van der Waals surface area contributed by atoms with E-state index in [1.807, 2.05) is 0 Å². The zero-order valence-electron chi connectivity index (χ0n) is 11.2. The van der Waals surface area contributed by atoms with Crippen LogP contribution in [0.3, 0.4) is 0 Å². The molecule has 0 saturated heterocycles. The number of ether oxygens (including phenoxy) is 1. The molecule has 2 rings (SSSR count). The molecule has 2 heterocycles. The van der Waals surface area contributed by atoms with Crippen molar-refractivity contribution in [2.75, 3.05) is 5.73 Å². The molecule has 0 atom stereocenters. The Bertz CT molecular complexity index is 709. The second-order valence-electron chi connectivity index (χ2n) is 5.19. The van der Waals surface area contributed by atoms with Gasteiger partial charge in [-0.25, -0.2) is 9.59 Å². The molecule has 102 valence electrons. The Kier molecular flexibility index (Phi) is 3.09. The molecule has 0 saturated carbocycles. The summed E-state index contributed by atoms with van der Waals surface area (Å²) in [5, 5.41) is 0.602. The number of aromatic amines is 1. The Morgan fingerprint density at radius 3 is 2.63 bits per heavy atom. The molecule has 2 aromatic rings. The van der Waals surface area contributed by atoms with Gasteiger partial charge in [0, 0.05) is 0 Å². The van der Waals surface area contributed by atoms with Crippen LogP contribution in [0.1, 0.15) is 36.0 Å². The number of aromatic nitrogens is 2. The van der Waals surface area contributed by atoms with E-state index in [0.29, 0.717) is 20.7 Å². The summed E-state index contributed by atoms with van der Waals surface area (Å²) in [7, 11) is 0. The highest BCUT2D eigenvalue weighted by molar-refractivity contribution is 7.20. The van der Waals surface area contributed by atoms with Gasteiger partial charge < -0.3 is 10.5 Å². The van der Waals surface area contributed by atoms with Gasteiger partial charge in [0.2, 0.25) is 0 Å². The maximum atomic E-state index is 12.1. The van der Waals surface area contributed by atoms with Gasteiger partial charge in [0.15, 0.2) is 0 Å². The smallest absolute Gasteiger partial charge is 0.349 e. The molecule has 0 fully saturated rings. The van der Waals surface area contributed by atoms with Crippen molar-refractivity contribution in [1.29, 1.82) is 0 Å². The third kappa shape index (κ3) is 2.60. The van der Waals surface area contributed by atoms with Crippen molar-refractivity contribution in [3.8, 4) is 0 Å². The lowest BCUT2D eigenvalue weighted by Crippen LogP contribution is -2.23. The summed E-state index contributed by atoms with van der Waals surface area (Å²) in [5.41, 5.74) is 5.30. The summed E-state index contributed by atoms with van der Waals surface area (Å²) in [4.78, 5) is 30.5. The van der Waals surface area contributed by atoms with Crippen LogP contribution in [0.25, 0.3) is 10.2 Å². The summed E-state index contributed by atoms with van der Waals surface area (Å²) >= 11 is 1.15. The molecular weight excluding hydrogens is 266 g/mol. The average molecular weight is 281 g/mol. The molecule has 0 unspecified atom stereocenters. The Morgan fingerprint density at radius 2 is 2.05 bits per heavy atom. The van der Waals surface area contributed by atoms with Crippen LogP contribution in [0.5, 0.6) is 0 Å². The van der Waals surface area contributed by atoms with Gasteiger partial charge in [-0.3, -0.25) is 4.98 Å². The molecule has 0 aliphatic carbocycles. The molecule has 7 heteroatoms. The first kappa shape index (κ1) is 13.5. The van der Waals surface area contributed by atoms with Crippen LogP contribution in [0.2, 0.25) is 0 Å². The van der Waals surface area contributed by atoms with E-state index < -0.39 is 17.3 Å². The molecule has 0 aliphatic heterocycles. The highest BCUT2D eigenvalue weighted by atomic mass is 32.1. The highest BCUT2D eigenvalue weighted by Gasteiger charge is 2.23. The molecule has 6 nitrogen and oxygen atoms in total. The lowest BCUT2D eigenvalue weighted by atomic mass is 10.2. The first-order chi connectivity index (χ1) is 8.69. The number of rotatable bonds is 1. The van der Waals surface area contributed by atoms with E-state index in [1.54, 1.807) is 27.7 Å². The van der Waals surface area contributed by atoms with E-state index in [2.05, 4.69) is 9.97 Å². The monoisotopic (exact) mass is 281 g/mol. The van der Waals surface area contributed by atoms with Crippen LogP contribution in [0.4, 0.5) is 5.82 Å². The maximum absolute atomic E-state index is 12.1. The third-order valence-electron chi connectivity index (χ3n) is 2.43. The number of nitrogens with zero attached hydrogens (tertiary/aromatic N) is 1. The van der Waals surface area contributed by atoms with Gasteiger partial charge in [-0.1, -0.05) is 0 Å². The predicted molar refractivity (Wildman–Crippen MR) is 74.6 cm³/mol. The first-order valence-electron chi connectivity index (χ1n) is 5.71. The highest BCUT2D eigenvalue weighted by Crippen LogP contribution is 2.32. The van der Waals surface area contributed by atoms with Gasteiger partial charge in [-0.2, -0.15) is 4.98 Å². The van der Waals surface area contributed by atoms with Gasteiger partial charge in [0.1, 0.15) is 21.1 Å². The summed E-state index contributed by atoms with van der Waals surface area (Å²) in [5.74, 6) is -0.297. The molecule has 0 aliphatic rings. The number of esters is 1. The Labute approximate surface area is 113 Å². The third-order valence-corrected chi connectivity index (χ3v) is 3.62. The van der Waals surface area contributed by atoms with Gasteiger partial charge in [-0.15, -0.1) is 11.3 Å². The molecule has 0 amide bonds. The lowest BCUT2D eigenvalue weighted by molar-refractivity contribution is 0.00747. The summed E-state index contributed by atoms with van der Waals surface area (Å²) in [6, 6.07) is 0. The lowest BCUT2D eigenvalue weighted by Gasteiger charge is -2.19. The fourth-order valence-corrected chi connectivity index (χ4v) is 2.80. The largest absolute Gasteiger partial charge is 0.456 e. The quantitative estimate of drug-likeness (QED) is 0.777. The average Bonchev–Trinajstić information content (AvgIpc) is 2.53. The van der Waals surface area contributed by atoms with E-state index in [0.717, 1.165) is 11.3 Å². The van der Waals surface area contributed by atoms with E-state index in [-0.39, 0.29) is 5.82 Å². The number of fused-ring (bicyclic) bond motifs is 1. The second kappa shape index (κ2) is 4.34. The van der Waals surface area contributed by atoms with Crippen LogP contribution in [0, 0.1) is 6.92 Å². The van der Waals surface area contributed by atoms with Crippen molar-refractivity contribution >= 4 is 33.3 Å². The molecular formula is C12H15N3O3S. The number of thiophene rings is 1. The number of nitrogens with one attached hydrogen (secondary N) is 1. The van der Waals surface area contributed by atoms with Crippen molar-refractivity contribution in [2.45, 2.75) is 33.3 Å². The number of hydrogen-bond donors (Lipinski definition) is 2. The molecule has 3 N–H and O–H groups in total. The molecule has 0 radical (unpaired) electrons. The van der Waals surface area contributed by atoms with E-state index >= 15 is 0 Å². The molecule has 0 spiro atoms. The van der Waals surface area contributed by atoms with Crippen LogP contribution in [0.15, 0.2) is 4.79 Å². The number of nitrogen functional groups attached to an aromatic ring is 1. The number of H-pyrrole nitrogens is 1. The molecule has 0 aromatic carbocycles. The van der Waals surface area contributed by atoms with Crippen LogP contribution < -0.4 is 11.4 Å². The van der Waals surface area contributed by atoms with Gasteiger partial charge in [0.05, 0.1) is 5.39 Å². The zero-order valence-corrected chi connectivity index (χ0v) is 12.0. The number of carbonyl (C=O) groups is 1. The van der Waals surface area contributed by atoms with E-state index in [1.165, 1.54) is 0 Å². The second-order valence-corrected chi connectivity index (χ2v) is 6.21. The van der Waals surface area contributed by atoms with Gasteiger partial charge in [-0.05, 0) is 33.3 Å². The first-order valence-corrected chi connectivity index (χ1v) is 6.53. The minimum atomic E-state index is -0.573. The van der Waals surface area contributed by atoms with E-state index in [9.17, 15) is 9.59 Å². The van der Waals surface area contributed by atoms with Crippen molar-refractivity contribution in [1.82, 2.24) is 9.97 Å². The molecule has 2 aromatic heterocycles. The SMILES string of the molecule is Cc1c(C(=O)OC(C)(C)C)sc2[nH]c(=O)nc(N)c12. The summed E-state index contributed by atoms with van der Waals surface area (Å²) < 4.78 is 5.32. The van der Waals surface area contributed by atoms with Crippen molar-refractivity contribution < 1.29 is 9.53 Å². The minimum Gasteiger partial charge on any atom is -0.456 e. The predicted octanol–water partition coefficient (Wildman–Crippen LogP) is 1.83. The zero-order chi connectivity index (χ0) is 14.4. The minimum absolute atomic E-state index is 0.127. The topological polar surface area (TPSA) is 98.1 Å².